The van der Waals surface area contributed by atoms with Crippen molar-refractivity contribution >= 4 is 6.03 Å². The van der Waals surface area contributed by atoms with Gasteiger partial charge in [0.2, 0.25) is 0 Å². The van der Waals surface area contributed by atoms with Gasteiger partial charge in [-0.15, -0.1) is 0 Å². The van der Waals surface area contributed by atoms with Gasteiger partial charge >= 0.3 is 6.03 Å². The van der Waals surface area contributed by atoms with E-state index in [-0.39, 0.29) is 30.8 Å². The van der Waals surface area contributed by atoms with Crippen LogP contribution in [0.25, 0.3) is 0 Å². The van der Waals surface area contributed by atoms with Crippen LogP contribution in [0.1, 0.15) is 51.0 Å². The molecule has 0 saturated heterocycles. The predicted octanol–water partition coefficient (Wildman–Crippen LogP) is 3.15. The lowest BCUT2D eigenvalue weighted by molar-refractivity contribution is 0.116. The molecule has 1 aromatic carbocycles. The van der Waals surface area contributed by atoms with Crippen LogP contribution in [0.15, 0.2) is 24.3 Å². The minimum Gasteiger partial charge on any atom is -0.488 e. The van der Waals surface area contributed by atoms with Crippen LogP contribution >= 0.6 is 0 Å². The molecule has 0 aliphatic heterocycles. The minimum absolute atomic E-state index is 0.0130. The van der Waals surface area contributed by atoms with Gasteiger partial charge in [0.15, 0.2) is 0 Å². The summed E-state index contributed by atoms with van der Waals surface area (Å²) in [6.45, 7) is 4.16. The molecule has 0 aromatic heterocycles. The number of carbonyl (C=O) groups excluding carboxylic acids is 1. The van der Waals surface area contributed by atoms with Crippen LogP contribution in [-0.2, 0) is 0 Å². The molecule has 3 N–H and O–H groups in total. The molecule has 0 bridgehead atoms. The fraction of sp³-hybridized carbons (Fsp3) is 0.632. The predicted molar refractivity (Wildman–Crippen MR) is 95.3 cm³/mol. The topological polar surface area (TPSA) is 70.6 Å². The Bertz CT molecular complexity index is 521. The van der Waals surface area contributed by atoms with Gasteiger partial charge in [0.1, 0.15) is 11.9 Å². The molecule has 3 atom stereocenters. The number of hydrogen-bond acceptors (Lipinski definition) is 3. The summed E-state index contributed by atoms with van der Waals surface area (Å²) >= 11 is 0. The second-order valence-corrected chi connectivity index (χ2v) is 6.75. The number of ether oxygens (including phenoxy) is 1. The number of urea groups is 1. The van der Waals surface area contributed by atoms with Gasteiger partial charge in [-0.05, 0) is 63.6 Å². The van der Waals surface area contributed by atoms with Crippen molar-refractivity contribution in [2.24, 2.45) is 0 Å². The normalized spacial score (nSPS) is 21.8. The highest BCUT2D eigenvalue weighted by molar-refractivity contribution is 5.74. The first-order valence-corrected chi connectivity index (χ1v) is 8.99. The molecular formula is C19H30N2O3. The summed E-state index contributed by atoms with van der Waals surface area (Å²) in [5.41, 5.74) is 1.17. The van der Waals surface area contributed by atoms with Crippen molar-refractivity contribution in [1.29, 1.82) is 0 Å². The van der Waals surface area contributed by atoms with Crippen molar-refractivity contribution < 1.29 is 14.6 Å². The van der Waals surface area contributed by atoms with Crippen LogP contribution in [-0.4, -0.2) is 35.9 Å². The molecule has 1 aliphatic rings. The summed E-state index contributed by atoms with van der Waals surface area (Å²) in [6, 6.07) is 7.97. The van der Waals surface area contributed by atoms with Crippen LogP contribution in [0.4, 0.5) is 4.79 Å². The maximum absolute atomic E-state index is 12.2. The Labute approximate surface area is 144 Å². The number of benzene rings is 1. The number of aliphatic hydroxyl groups excluding tert-OH is 1. The van der Waals surface area contributed by atoms with Gasteiger partial charge < -0.3 is 20.5 Å². The lowest BCUT2D eigenvalue weighted by Crippen LogP contribution is -2.52. The molecular weight excluding hydrogens is 304 g/mol. The molecule has 134 valence electrons. The number of carbonyl (C=O) groups is 1. The molecule has 5 heteroatoms. The summed E-state index contributed by atoms with van der Waals surface area (Å²) in [5, 5.41) is 14.9. The molecule has 1 fully saturated rings. The molecule has 3 unspecified atom stereocenters. The van der Waals surface area contributed by atoms with E-state index in [4.69, 9.17) is 9.84 Å². The second-order valence-electron chi connectivity index (χ2n) is 6.75. The van der Waals surface area contributed by atoms with E-state index in [2.05, 4.69) is 10.6 Å². The first-order valence-electron chi connectivity index (χ1n) is 8.99. The van der Waals surface area contributed by atoms with Crippen LogP contribution < -0.4 is 15.4 Å². The summed E-state index contributed by atoms with van der Waals surface area (Å²) < 4.78 is 6.14. The SMILES string of the molecule is Cc1cccc(OC2CCCCC2NC(=O)NC(C)CCCO)c1. The monoisotopic (exact) mass is 334 g/mol. The smallest absolute Gasteiger partial charge is 0.315 e. The van der Waals surface area contributed by atoms with Crippen molar-refractivity contribution in [2.75, 3.05) is 6.61 Å². The highest BCUT2D eigenvalue weighted by atomic mass is 16.5. The van der Waals surface area contributed by atoms with Gasteiger partial charge in [-0.2, -0.15) is 0 Å². The summed E-state index contributed by atoms with van der Waals surface area (Å²) in [4.78, 5) is 12.2. The quantitative estimate of drug-likeness (QED) is 0.717. The van der Waals surface area contributed by atoms with E-state index >= 15 is 0 Å². The van der Waals surface area contributed by atoms with Gasteiger partial charge in [0.25, 0.3) is 0 Å². The fourth-order valence-corrected chi connectivity index (χ4v) is 3.17. The van der Waals surface area contributed by atoms with Crippen LogP contribution in [0.5, 0.6) is 5.75 Å². The second kappa shape index (κ2) is 9.52. The Morgan fingerprint density at radius 1 is 1.38 bits per heavy atom. The van der Waals surface area contributed by atoms with Crippen LogP contribution in [0.3, 0.4) is 0 Å². The average molecular weight is 334 g/mol. The first kappa shape index (κ1) is 18.6. The third-order valence-corrected chi connectivity index (χ3v) is 4.47. The zero-order valence-corrected chi connectivity index (χ0v) is 14.8. The lowest BCUT2D eigenvalue weighted by Gasteiger charge is -2.33. The molecule has 24 heavy (non-hydrogen) atoms. The van der Waals surface area contributed by atoms with Gasteiger partial charge in [-0.1, -0.05) is 18.6 Å². The summed E-state index contributed by atoms with van der Waals surface area (Å²) in [5.74, 6) is 0.866. The number of amides is 2. The molecule has 0 spiro atoms. The Hall–Kier alpha value is -1.75. The summed E-state index contributed by atoms with van der Waals surface area (Å²) in [6.07, 6.45) is 5.62. The zero-order chi connectivity index (χ0) is 17.4. The van der Waals surface area contributed by atoms with Crippen molar-refractivity contribution in [1.82, 2.24) is 10.6 Å². The highest BCUT2D eigenvalue weighted by Crippen LogP contribution is 2.24. The highest BCUT2D eigenvalue weighted by Gasteiger charge is 2.28. The van der Waals surface area contributed by atoms with Crippen LogP contribution in [0.2, 0.25) is 0 Å². The zero-order valence-electron chi connectivity index (χ0n) is 14.8. The minimum atomic E-state index is -0.148. The lowest BCUT2D eigenvalue weighted by atomic mass is 9.92. The Kier molecular flexibility index (Phi) is 7.37. The number of nitrogens with one attached hydrogen (secondary N) is 2. The van der Waals surface area contributed by atoms with Gasteiger partial charge in [0.05, 0.1) is 6.04 Å². The molecule has 1 saturated carbocycles. The number of rotatable bonds is 7. The Morgan fingerprint density at radius 3 is 2.92 bits per heavy atom. The van der Waals surface area contributed by atoms with E-state index in [0.717, 1.165) is 37.9 Å². The van der Waals surface area contributed by atoms with E-state index in [0.29, 0.717) is 6.42 Å². The van der Waals surface area contributed by atoms with Crippen molar-refractivity contribution in [3.63, 3.8) is 0 Å². The van der Waals surface area contributed by atoms with E-state index < -0.39 is 0 Å². The van der Waals surface area contributed by atoms with Gasteiger partial charge in [-0.25, -0.2) is 4.79 Å². The maximum Gasteiger partial charge on any atom is 0.315 e. The largest absolute Gasteiger partial charge is 0.488 e. The van der Waals surface area contributed by atoms with Crippen LogP contribution in [0, 0.1) is 6.92 Å². The van der Waals surface area contributed by atoms with Crippen molar-refractivity contribution in [3.05, 3.63) is 29.8 Å². The van der Waals surface area contributed by atoms with Crippen molar-refractivity contribution in [3.8, 4) is 5.75 Å². The molecule has 0 radical (unpaired) electrons. The van der Waals surface area contributed by atoms with Crippen molar-refractivity contribution in [2.45, 2.75) is 70.6 Å². The third kappa shape index (κ3) is 6.04. The van der Waals surface area contributed by atoms with E-state index in [1.165, 1.54) is 5.56 Å². The standard InChI is InChI=1S/C19H30N2O3/c1-14-7-5-9-16(13-14)24-18-11-4-3-10-17(18)21-19(23)20-15(2)8-6-12-22/h5,7,9,13,15,17-18,22H,3-4,6,8,10-12H2,1-2H3,(H2,20,21,23). The van der Waals surface area contributed by atoms with E-state index in [9.17, 15) is 4.79 Å². The number of aryl methyl sites for hydroxylation is 1. The summed E-state index contributed by atoms with van der Waals surface area (Å²) in [7, 11) is 0. The molecule has 1 aromatic rings. The average Bonchev–Trinajstić information content (AvgIpc) is 2.55. The molecule has 2 amide bonds. The molecule has 0 heterocycles. The Morgan fingerprint density at radius 2 is 2.17 bits per heavy atom. The number of hydrogen-bond donors (Lipinski definition) is 3. The maximum atomic E-state index is 12.2. The molecule has 5 nitrogen and oxygen atoms in total. The van der Waals surface area contributed by atoms with Gasteiger partial charge in [-0.3, -0.25) is 0 Å². The van der Waals surface area contributed by atoms with E-state index in [1.54, 1.807) is 0 Å². The number of aliphatic hydroxyl groups is 1. The Balaban J connectivity index is 1.88. The van der Waals surface area contributed by atoms with Gasteiger partial charge in [0, 0.05) is 12.6 Å². The van der Waals surface area contributed by atoms with E-state index in [1.807, 2.05) is 38.1 Å². The third-order valence-electron chi connectivity index (χ3n) is 4.47. The molecule has 1 aliphatic carbocycles. The molecule has 2 rings (SSSR count). The first-order chi connectivity index (χ1) is 11.6. The fourth-order valence-electron chi connectivity index (χ4n) is 3.17.